The van der Waals surface area contributed by atoms with E-state index in [1.54, 1.807) is 43.3 Å². The molecular formula is C22H16ClFN4O3. The van der Waals surface area contributed by atoms with Crippen LogP contribution in [0.2, 0.25) is 5.02 Å². The molecule has 1 heterocycles. The molecule has 0 saturated carbocycles. The van der Waals surface area contributed by atoms with Gasteiger partial charge in [-0.05, 0) is 48.9 Å². The highest BCUT2D eigenvalue weighted by Crippen LogP contribution is 2.32. The van der Waals surface area contributed by atoms with Crippen molar-refractivity contribution in [2.24, 2.45) is 0 Å². The molecule has 0 unspecified atom stereocenters. The van der Waals surface area contributed by atoms with E-state index in [0.29, 0.717) is 44.3 Å². The zero-order valence-corrected chi connectivity index (χ0v) is 17.1. The molecule has 0 aliphatic rings. The summed E-state index contributed by atoms with van der Waals surface area (Å²) in [7, 11) is 0. The summed E-state index contributed by atoms with van der Waals surface area (Å²) in [5.74, 6) is 0.520. The fourth-order valence-electron chi connectivity index (χ4n) is 3.11. The average molecular weight is 439 g/mol. The highest BCUT2D eigenvalue weighted by molar-refractivity contribution is 6.32. The van der Waals surface area contributed by atoms with E-state index in [4.69, 9.17) is 16.3 Å². The summed E-state index contributed by atoms with van der Waals surface area (Å²) in [6.07, 6.45) is 1.38. The first kappa shape index (κ1) is 20.5. The van der Waals surface area contributed by atoms with Gasteiger partial charge in [0.1, 0.15) is 30.3 Å². The first-order chi connectivity index (χ1) is 14.9. The van der Waals surface area contributed by atoms with Crippen molar-refractivity contribution < 1.29 is 14.1 Å². The molecule has 1 aromatic heterocycles. The van der Waals surface area contributed by atoms with Crippen LogP contribution in [0, 0.1) is 22.9 Å². The van der Waals surface area contributed by atoms with Gasteiger partial charge in [-0.25, -0.2) is 14.4 Å². The van der Waals surface area contributed by atoms with Gasteiger partial charge in [0.25, 0.3) is 5.69 Å². The van der Waals surface area contributed by atoms with Crippen LogP contribution in [0.1, 0.15) is 11.1 Å². The Balaban J connectivity index is 1.57. The number of aryl methyl sites for hydroxylation is 1. The third-order valence-electron chi connectivity index (χ3n) is 4.63. The SMILES string of the molecule is Cc1cc2ncnc(Nc3ccc(OCc4cccc(F)c4)c(Cl)c3)c2cc1[N+](=O)[O-]. The lowest BCUT2D eigenvalue weighted by atomic mass is 10.1. The molecule has 31 heavy (non-hydrogen) atoms. The van der Waals surface area contributed by atoms with Crippen LogP contribution < -0.4 is 10.1 Å². The average Bonchev–Trinajstić information content (AvgIpc) is 2.73. The van der Waals surface area contributed by atoms with E-state index < -0.39 is 4.92 Å². The fraction of sp³-hybridized carbons (Fsp3) is 0.0909. The van der Waals surface area contributed by atoms with Crippen LogP contribution in [-0.2, 0) is 6.61 Å². The standard InChI is InChI=1S/C22H16ClFN4O3/c1-13-7-19-17(10-20(13)28(29)30)22(26-12-25-19)27-16-5-6-21(18(23)9-16)31-11-14-3-2-4-15(24)8-14/h2-10,12H,11H2,1H3,(H,25,26,27). The van der Waals surface area contributed by atoms with Crippen molar-refractivity contribution in [1.29, 1.82) is 0 Å². The van der Waals surface area contributed by atoms with Gasteiger partial charge >= 0.3 is 0 Å². The number of benzene rings is 3. The molecule has 0 aliphatic carbocycles. The van der Waals surface area contributed by atoms with Gasteiger partial charge in [0.05, 0.1) is 15.5 Å². The van der Waals surface area contributed by atoms with Crippen LogP contribution in [0.3, 0.4) is 0 Å². The minimum atomic E-state index is -0.437. The Kier molecular flexibility index (Phi) is 5.64. The van der Waals surface area contributed by atoms with Crippen molar-refractivity contribution in [3.05, 3.63) is 93.0 Å². The van der Waals surface area contributed by atoms with E-state index in [1.807, 2.05) is 0 Å². The number of nitrogens with one attached hydrogen (secondary N) is 1. The quantitative estimate of drug-likeness (QED) is 0.295. The van der Waals surface area contributed by atoms with Crippen LogP contribution in [0.15, 0.2) is 60.9 Å². The molecule has 0 radical (unpaired) electrons. The van der Waals surface area contributed by atoms with Gasteiger partial charge < -0.3 is 10.1 Å². The number of aromatic nitrogens is 2. The Morgan fingerprint density at radius 1 is 1.16 bits per heavy atom. The van der Waals surface area contributed by atoms with Crippen LogP contribution in [0.5, 0.6) is 5.75 Å². The summed E-state index contributed by atoms with van der Waals surface area (Å²) < 4.78 is 19.0. The van der Waals surface area contributed by atoms with Crippen molar-refractivity contribution in [2.45, 2.75) is 13.5 Å². The Bertz CT molecular complexity index is 1300. The lowest BCUT2D eigenvalue weighted by Crippen LogP contribution is -1.99. The van der Waals surface area contributed by atoms with E-state index >= 15 is 0 Å². The second-order valence-electron chi connectivity index (χ2n) is 6.82. The molecule has 0 saturated heterocycles. The number of halogens is 2. The topological polar surface area (TPSA) is 90.2 Å². The summed E-state index contributed by atoms with van der Waals surface area (Å²) in [5.41, 5.74) is 2.39. The number of nitrogens with zero attached hydrogens (tertiary/aromatic N) is 3. The summed E-state index contributed by atoms with van der Waals surface area (Å²) in [5, 5.41) is 15.3. The summed E-state index contributed by atoms with van der Waals surface area (Å²) in [6.45, 7) is 1.83. The number of rotatable bonds is 6. The van der Waals surface area contributed by atoms with E-state index in [-0.39, 0.29) is 18.1 Å². The first-order valence-corrected chi connectivity index (χ1v) is 9.62. The van der Waals surface area contributed by atoms with Gasteiger partial charge in [0.15, 0.2) is 0 Å². The second-order valence-corrected chi connectivity index (χ2v) is 7.23. The maximum atomic E-state index is 13.3. The molecule has 156 valence electrons. The van der Waals surface area contributed by atoms with Crippen molar-refractivity contribution in [3.63, 3.8) is 0 Å². The second kappa shape index (κ2) is 8.53. The highest BCUT2D eigenvalue weighted by atomic mass is 35.5. The Morgan fingerprint density at radius 2 is 2.00 bits per heavy atom. The van der Waals surface area contributed by atoms with Gasteiger partial charge in [0.2, 0.25) is 0 Å². The number of anilines is 2. The normalized spacial score (nSPS) is 10.8. The van der Waals surface area contributed by atoms with Crippen LogP contribution >= 0.6 is 11.6 Å². The fourth-order valence-corrected chi connectivity index (χ4v) is 3.35. The molecule has 1 N–H and O–H groups in total. The number of fused-ring (bicyclic) bond motifs is 1. The Labute approximate surface area is 181 Å². The Hall–Kier alpha value is -3.78. The predicted octanol–water partition coefficient (Wildman–Crippen LogP) is 5.96. The monoisotopic (exact) mass is 438 g/mol. The molecule has 4 rings (SSSR count). The maximum absolute atomic E-state index is 13.3. The van der Waals surface area contributed by atoms with Crippen molar-refractivity contribution in [1.82, 2.24) is 9.97 Å². The Morgan fingerprint density at radius 3 is 2.74 bits per heavy atom. The zero-order valence-electron chi connectivity index (χ0n) is 16.3. The number of hydrogen-bond donors (Lipinski definition) is 1. The molecule has 4 aromatic rings. The van der Waals surface area contributed by atoms with Crippen molar-refractivity contribution >= 4 is 39.7 Å². The summed E-state index contributed by atoms with van der Waals surface area (Å²) in [6, 6.07) is 14.3. The lowest BCUT2D eigenvalue weighted by Gasteiger charge is -2.12. The van der Waals surface area contributed by atoms with Crippen molar-refractivity contribution in [3.8, 4) is 5.75 Å². The highest BCUT2D eigenvalue weighted by Gasteiger charge is 2.15. The molecule has 9 heteroatoms. The number of nitro groups is 1. The third-order valence-corrected chi connectivity index (χ3v) is 4.92. The minimum Gasteiger partial charge on any atom is -0.487 e. The summed E-state index contributed by atoms with van der Waals surface area (Å²) >= 11 is 6.34. The van der Waals surface area contributed by atoms with Gasteiger partial charge in [-0.1, -0.05) is 23.7 Å². The molecule has 0 fully saturated rings. The van der Waals surface area contributed by atoms with E-state index in [2.05, 4.69) is 15.3 Å². The number of ether oxygens (including phenoxy) is 1. The molecule has 3 aromatic carbocycles. The van der Waals surface area contributed by atoms with E-state index in [9.17, 15) is 14.5 Å². The molecule has 0 aliphatic heterocycles. The molecule has 0 atom stereocenters. The van der Waals surface area contributed by atoms with Gasteiger partial charge in [-0.2, -0.15) is 0 Å². The zero-order chi connectivity index (χ0) is 22.0. The van der Waals surface area contributed by atoms with Crippen LogP contribution in [0.4, 0.5) is 21.6 Å². The molecule has 0 amide bonds. The molecule has 7 nitrogen and oxygen atoms in total. The first-order valence-electron chi connectivity index (χ1n) is 9.24. The number of hydrogen-bond acceptors (Lipinski definition) is 6. The van der Waals surface area contributed by atoms with Gasteiger partial charge in [-0.3, -0.25) is 10.1 Å². The lowest BCUT2D eigenvalue weighted by molar-refractivity contribution is -0.385. The predicted molar refractivity (Wildman–Crippen MR) is 116 cm³/mol. The summed E-state index contributed by atoms with van der Waals surface area (Å²) in [4.78, 5) is 19.3. The number of nitro benzene ring substituents is 1. The van der Waals surface area contributed by atoms with Crippen molar-refractivity contribution in [2.75, 3.05) is 5.32 Å². The molecule has 0 bridgehead atoms. The van der Waals surface area contributed by atoms with Gasteiger partial charge in [-0.15, -0.1) is 0 Å². The van der Waals surface area contributed by atoms with E-state index in [0.717, 1.165) is 0 Å². The van der Waals surface area contributed by atoms with Gasteiger partial charge in [0, 0.05) is 22.7 Å². The van der Waals surface area contributed by atoms with Crippen LogP contribution in [0.25, 0.3) is 10.9 Å². The third kappa shape index (κ3) is 4.54. The largest absolute Gasteiger partial charge is 0.487 e. The molecule has 0 spiro atoms. The smallest absolute Gasteiger partial charge is 0.273 e. The molecular weight excluding hydrogens is 423 g/mol. The maximum Gasteiger partial charge on any atom is 0.273 e. The van der Waals surface area contributed by atoms with Crippen LogP contribution in [-0.4, -0.2) is 14.9 Å². The van der Waals surface area contributed by atoms with E-state index in [1.165, 1.54) is 24.5 Å². The minimum absolute atomic E-state index is 0.00974.